The average molecular weight is 483 g/mol. The second-order valence-electron chi connectivity index (χ2n) is 10.8. The van der Waals surface area contributed by atoms with Gasteiger partial charge in [-0.2, -0.15) is 0 Å². The third-order valence-corrected chi connectivity index (χ3v) is 8.04. The van der Waals surface area contributed by atoms with Crippen molar-refractivity contribution in [2.45, 2.75) is 44.1 Å². The predicted octanol–water partition coefficient (Wildman–Crippen LogP) is 5.97. The van der Waals surface area contributed by atoms with E-state index in [1.54, 1.807) is 12.3 Å². The Labute approximate surface area is 210 Å². The van der Waals surface area contributed by atoms with Crippen molar-refractivity contribution >= 4 is 34.8 Å². The molecule has 2 aromatic carbocycles. The highest BCUT2D eigenvalue weighted by Gasteiger charge is 2.51. The fourth-order valence-electron chi connectivity index (χ4n) is 6.90. The first-order chi connectivity index (χ1) is 17.4. The van der Waals surface area contributed by atoms with E-state index in [-0.39, 0.29) is 17.0 Å². The standard InChI is InChI=1S/C29H30N4O3/c34-27(33-29-15-18-12-19(16-29)14-20(13-18)17-29)21-3-5-22(6-4-21)31-23-7-9-24(10-8-23)32-26-25(28(35)36)2-1-11-30-26/h1-11,18-20,31H,12-17H2,(H,30,32)(H,33,34)(H,35,36). The lowest BCUT2D eigenvalue weighted by Crippen LogP contribution is -2.59. The van der Waals surface area contributed by atoms with Gasteiger partial charge in [-0.3, -0.25) is 4.79 Å². The van der Waals surface area contributed by atoms with Crippen molar-refractivity contribution in [2.24, 2.45) is 17.8 Å². The summed E-state index contributed by atoms with van der Waals surface area (Å²) in [5.41, 5.74) is 3.33. The minimum atomic E-state index is -1.03. The molecular weight excluding hydrogens is 452 g/mol. The van der Waals surface area contributed by atoms with Crippen LogP contribution in [0.25, 0.3) is 0 Å². The molecule has 0 spiro atoms. The van der Waals surface area contributed by atoms with Crippen molar-refractivity contribution in [1.29, 1.82) is 0 Å². The molecule has 0 unspecified atom stereocenters. The molecule has 0 saturated heterocycles. The number of amides is 1. The second kappa shape index (κ2) is 8.97. The molecule has 7 nitrogen and oxygen atoms in total. The maximum atomic E-state index is 13.1. The number of carbonyl (C=O) groups is 2. The highest BCUT2D eigenvalue weighted by Crippen LogP contribution is 2.55. The smallest absolute Gasteiger partial charge is 0.339 e. The van der Waals surface area contributed by atoms with Crippen LogP contribution in [0.15, 0.2) is 66.9 Å². The molecule has 0 aliphatic heterocycles. The fraction of sp³-hybridized carbons (Fsp3) is 0.345. The van der Waals surface area contributed by atoms with Crippen molar-refractivity contribution in [3.05, 3.63) is 78.0 Å². The number of nitrogens with one attached hydrogen (secondary N) is 3. The van der Waals surface area contributed by atoms with Gasteiger partial charge in [-0.05, 0) is 117 Å². The van der Waals surface area contributed by atoms with Crippen molar-refractivity contribution in [3.63, 3.8) is 0 Å². The number of hydrogen-bond donors (Lipinski definition) is 4. The van der Waals surface area contributed by atoms with Gasteiger partial charge in [-0.15, -0.1) is 0 Å². The van der Waals surface area contributed by atoms with Crippen LogP contribution in [0.4, 0.5) is 22.9 Å². The lowest BCUT2D eigenvalue weighted by molar-refractivity contribution is -0.0167. The van der Waals surface area contributed by atoms with Crippen LogP contribution in [0.3, 0.4) is 0 Å². The van der Waals surface area contributed by atoms with Gasteiger partial charge in [-0.25, -0.2) is 9.78 Å². The topological polar surface area (TPSA) is 103 Å². The van der Waals surface area contributed by atoms with E-state index in [1.165, 1.54) is 25.3 Å². The molecule has 7 rings (SSSR count). The molecule has 4 N–H and O–H groups in total. The van der Waals surface area contributed by atoms with Gasteiger partial charge in [0.2, 0.25) is 0 Å². The summed E-state index contributed by atoms with van der Waals surface area (Å²) in [5, 5.41) is 19.2. The molecule has 1 aromatic heterocycles. The summed E-state index contributed by atoms with van der Waals surface area (Å²) in [6, 6.07) is 18.2. The largest absolute Gasteiger partial charge is 0.478 e. The maximum absolute atomic E-state index is 13.1. The van der Waals surface area contributed by atoms with E-state index >= 15 is 0 Å². The summed E-state index contributed by atoms with van der Waals surface area (Å²) >= 11 is 0. The van der Waals surface area contributed by atoms with Crippen LogP contribution < -0.4 is 16.0 Å². The highest BCUT2D eigenvalue weighted by molar-refractivity contribution is 5.95. The molecule has 1 amide bonds. The zero-order valence-electron chi connectivity index (χ0n) is 20.0. The Kier molecular flexibility index (Phi) is 5.63. The van der Waals surface area contributed by atoms with Gasteiger partial charge in [0.1, 0.15) is 11.4 Å². The third kappa shape index (κ3) is 4.53. The number of pyridine rings is 1. The summed E-state index contributed by atoms with van der Waals surface area (Å²) < 4.78 is 0. The molecule has 3 aromatic rings. The second-order valence-corrected chi connectivity index (χ2v) is 10.8. The van der Waals surface area contributed by atoms with Gasteiger partial charge >= 0.3 is 5.97 Å². The normalized spacial score (nSPS) is 25.8. The monoisotopic (exact) mass is 482 g/mol. The van der Waals surface area contributed by atoms with E-state index < -0.39 is 5.97 Å². The number of nitrogens with zero attached hydrogens (tertiary/aromatic N) is 1. The van der Waals surface area contributed by atoms with Crippen LogP contribution in [0.2, 0.25) is 0 Å². The number of aromatic nitrogens is 1. The highest BCUT2D eigenvalue weighted by atomic mass is 16.4. The van der Waals surface area contributed by atoms with Gasteiger partial charge in [-0.1, -0.05) is 0 Å². The first-order valence-corrected chi connectivity index (χ1v) is 12.7. The number of carbonyl (C=O) groups excluding carboxylic acids is 1. The number of aromatic carboxylic acids is 1. The Bertz CT molecular complexity index is 1250. The van der Waals surface area contributed by atoms with Gasteiger partial charge in [0.05, 0.1) is 0 Å². The minimum absolute atomic E-state index is 0.0129. The number of rotatable bonds is 7. The number of carboxylic acid groups (broad SMARTS) is 1. The Morgan fingerprint density at radius 3 is 1.86 bits per heavy atom. The number of benzene rings is 2. The van der Waals surface area contributed by atoms with Crippen molar-refractivity contribution in [3.8, 4) is 0 Å². The molecule has 36 heavy (non-hydrogen) atoms. The molecule has 4 bridgehead atoms. The first kappa shape index (κ1) is 22.6. The Balaban J connectivity index is 1.08. The molecule has 4 aliphatic carbocycles. The zero-order valence-corrected chi connectivity index (χ0v) is 20.0. The minimum Gasteiger partial charge on any atom is -0.478 e. The van der Waals surface area contributed by atoms with Crippen LogP contribution in [0, 0.1) is 17.8 Å². The molecule has 4 aliphatic rings. The lowest BCUT2D eigenvalue weighted by atomic mass is 9.53. The first-order valence-electron chi connectivity index (χ1n) is 12.7. The maximum Gasteiger partial charge on any atom is 0.339 e. The Morgan fingerprint density at radius 2 is 1.31 bits per heavy atom. The van der Waals surface area contributed by atoms with E-state index in [0.29, 0.717) is 11.4 Å². The van der Waals surface area contributed by atoms with E-state index in [4.69, 9.17) is 0 Å². The average Bonchev–Trinajstić information content (AvgIpc) is 2.85. The summed E-state index contributed by atoms with van der Waals surface area (Å²) in [7, 11) is 0. The predicted molar refractivity (Wildman–Crippen MR) is 139 cm³/mol. The summed E-state index contributed by atoms with van der Waals surface area (Å²) in [5.74, 6) is 1.70. The lowest BCUT2D eigenvalue weighted by Gasteiger charge is -2.56. The molecular formula is C29H30N4O3. The Hall–Kier alpha value is -3.87. The van der Waals surface area contributed by atoms with E-state index in [1.807, 2.05) is 48.5 Å². The molecule has 7 heteroatoms. The summed E-state index contributed by atoms with van der Waals surface area (Å²) in [6.07, 6.45) is 9.07. The van der Waals surface area contributed by atoms with Crippen molar-refractivity contribution in [1.82, 2.24) is 10.3 Å². The summed E-state index contributed by atoms with van der Waals surface area (Å²) in [4.78, 5) is 28.6. The number of carboxylic acids is 1. The fourth-order valence-corrected chi connectivity index (χ4v) is 6.90. The summed E-state index contributed by atoms with van der Waals surface area (Å²) in [6.45, 7) is 0. The third-order valence-electron chi connectivity index (χ3n) is 8.04. The van der Waals surface area contributed by atoms with Crippen molar-refractivity contribution < 1.29 is 14.7 Å². The molecule has 4 fully saturated rings. The van der Waals surface area contributed by atoms with Crippen LogP contribution >= 0.6 is 0 Å². The van der Waals surface area contributed by atoms with Gasteiger partial charge in [0.15, 0.2) is 0 Å². The van der Waals surface area contributed by atoms with Gasteiger partial charge < -0.3 is 21.1 Å². The molecule has 1 heterocycles. The quantitative estimate of drug-likeness (QED) is 0.331. The molecule has 4 saturated carbocycles. The van der Waals surface area contributed by atoms with Crippen molar-refractivity contribution in [2.75, 3.05) is 10.6 Å². The van der Waals surface area contributed by atoms with Crippen LogP contribution in [-0.2, 0) is 0 Å². The van der Waals surface area contributed by atoms with E-state index in [0.717, 1.165) is 54.1 Å². The van der Waals surface area contributed by atoms with Gasteiger partial charge in [0, 0.05) is 34.4 Å². The Morgan fingerprint density at radius 1 is 0.778 bits per heavy atom. The van der Waals surface area contributed by atoms with E-state index in [2.05, 4.69) is 20.9 Å². The molecule has 184 valence electrons. The SMILES string of the molecule is O=C(NC12CC3CC(CC(C3)C1)C2)c1ccc(Nc2ccc(Nc3ncccc3C(=O)O)cc2)cc1. The number of anilines is 4. The van der Waals surface area contributed by atoms with Crippen LogP contribution in [0.1, 0.15) is 59.2 Å². The van der Waals surface area contributed by atoms with Crippen LogP contribution in [0.5, 0.6) is 0 Å². The van der Waals surface area contributed by atoms with Gasteiger partial charge in [0.25, 0.3) is 5.91 Å². The molecule has 0 radical (unpaired) electrons. The van der Waals surface area contributed by atoms with E-state index in [9.17, 15) is 14.7 Å². The zero-order chi connectivity index (χ0) is 24.7. The van der Waals surface area contributed by atoms with Crippen LogP contribution in [-0.4, -0.2) is 27.5 Å². The number of hydrogen-bond acceptors (Lipinski definition) is 5. The molecule has 0 atom stereocenters.